The van der Waals surface area contributed by atoms with Gasteiger partial charge < -0.3 is 5.32 Å². The minimum Gasteiger partial charge on any atom is -0.323 e. The second-order valence-corrected chi connectivity index (χ2v) is 9.56. The maximum atomic E-state index is 13.8. The van der Waals surface area contributed by atoms with E-state index in [0.29, 0.717) is 11.0 Å². The Balaban J connectivity index is 1.60. The third-order valence-electron chi connectivity index (χ3n) is 5.14. The van der Waals surface area contributed by atoms with Crippen LogP contribution in [0.25, 0.3) is 17.1 Å². The second-order valence-electron chi connectivity index (χ2n) is 8.62. The fraction of sp³-hybridized carbons (Fsp3) is 0.192. The first kappa shape index (κ1) is 22.7. The molecule has 3 aromatic carbocycles. The van der Waals surface area contributed by atoms with Gasteiger partial charge in [0.2, 0.25) is 5.91 Å². The van der Waals surface area contributed by atoms with E-state index in [1.807, 2.05) is 47.0 Å². The number of nitrogens with zero attached hydrogens (tertiary/aromatic N) is 3. The van der Waals surface area contributed by atoms with Crippen molar-refractivity contribution in [3.05, 3.63) is 90.2 Å². The van der Waals surface area contributed by atoms with Crippen molar-refractivity contribution < 1.29 is 9.18 Å². The van der Waals surface area contributed by atoms with Crippen molar-refractivity contribution >= 4 is 23.4 Å². The monoisotopic (exact) mass is 460 g/mol. The molecule has 4 aromatic rings. The molecule has 0 aliphatic carbocycles. The van der Waals surface area contributed by atoms with E-state index in [1.54, 1.807) is 12.1 Å². The Labute approximate surface area is 197 Å². The summed E-state index contributed by atoms with van der Waals surface area (Å²) in [4.78, 5) is 12.4. The normalized spacial score (nSPS) is 11.4. The van der Waals surface area contributed by atoms with Gasteiger partial charge in [0.15, 0.2) is 11.0 Å². The number of carbonyl (C=O) groups excluding carboxylic acids is 1. The molecule has 0 unspecified atom stereocenters. The molecule has 7 heteroatoms. The molecule has 1 aromatic heterocycles. The largest absolute Gasteiger partial charge is 0.323 e. The van der Waals surface area contributed by atoms with E-state index < -0.39 is 5.82 Å². The molecule has 168 valence electrons. The first-order valence-corrected chi connectivity index (χ1v) is 11.6. The number of aromatic nitrogens is 3. The van der Waals surface area contributed by atoms with Gasteiger partial charge in [-0.25, -0.2) is 4.39 Å². The van der Waals surface area contributed by atoms with Crippen molar-refractivity contribution in [2.75, 3.05) is 11.1 Å². The molecule has 0 aliphatic rings. The summed E-state index contributed by atoms with van der Waals surface area (Å²) in [5.41, 5.74) is 3.28. The highest BCUT2D eigenvalue weighted by Crippen LogP contribution is 2.30. The lowest BCUT2D eigenvalue weighted by atomic mass is 9.87. The predicted octanol–water partition coefficient (Wildman–Crippen LogP) is 6.10. The third kappa shape index (κ3) is 5.31. The Morgan fingerprint density at radius 1 is 0.939 bits per heavy atom. The summed E-state index contributed by atoms with van der Waals surface area (Å²) >= 11 is 1.25. The Kier molecular flexibility index (Phi) is 6.60. The minimum absolute atomic E-state index is 0.0538. The van der Waals surface area contributed by atoms with Gasteiger partial charge in [-0.2, -0.15) is 0 Å². The highest BCUT2D eigenvalue weighted by molar-refractivity contribution is 7.99. The smallest absolute Gasteiger partial charge is 0.234 e. The second kappa shape index (κ2) is 9.58. The SMILES string of the molecule is CC(C)(C)c1ccc(-c2nnc(SCC(=O)Nc3ccccc3F)n2-c2ccccc2)cc1. The molecule has 33 heavy (non-hydrogen) atoms. The van der Waals surface area contributed by atoms with Gasteiger partial charge in [0.05, 0.1) is 11.4 Å². The number of thioether (sulfide) groups is 1. The van der Waals surface area contributed by atoms with Crippen LogP contribution in [0, 0.1) is 5.82 Å². The van der Waals surface area contributed by atoms with Crippen molar-refractivity contribution in [2.45, 2.75) is 31.3 Å². The number of halogens is 1. The van der Waals surface area contributed by atoms with E-state index in [0.717, 1.165) is 11.3 Å². The maximum absolute atomic E-state index is 13.8. The topological polar surface area (TPSA) is 59.8 Å². The molecule has 0 spiro atoms. The molecule has 0 saturated carbocycles. The summed E-state index contributed by atoms with van der Waals surface area (Å²) in [5.74, 6) is -0.0193. The van der Waals surface area contributed by atoms with Crippen LogP contribution in [-0.4, -0.2) is 26.4 Å². The van der Waals surface area contributed by atoms with Crippen LogP contribution in [0.5, 0.6) is 0 Å². The van der Waals surface area contributed by atoms with Crippen LogP contribution in [0.3, 0.4) is 0 Å². The first-order valence-electron chi connectivity index (χ1n) is 10.6. The molecule has 0 saturated heterocycles. The van der Waals surface area contributed by atoms with E-state index in [-0.39, 0.29) is 22.8 Å². The van der Waals surface area contributed by atoms with E-state index in [4.69, 9.17) is 0 Å². The molecule has 0 radical (unpaired) electrons. The number of carbonyl (C=O) groups is 1. The summed E-state index contributed by atoms with van der Waals surface area (Å²) < 4.78 is 15.8. The van der Waals surface area contributed by atoms with Gasteiger partial charge in [-0.15, -0.1) is 10.2 Å². The van der Waals surface area contributed by atoms with Crippen molar-refractivity contribution in [3.8, 4) is 17.1 Å². The summed E-state index contributed by atoms with van der Waals surface area (Å²) in [6.07, 6.45) is 0. The third-order valence-corrected chi connectivity index (χ3v) is 6.07. The number of para-hydroxylation sites is 2. The summed E-state index contributed by atoms with van der Waals surface area (Å²) in [5, 5.41) is 12.0. The minimum atomic E-state index is -0.468. The van der Waals surface area contributed by atoms with Crippen molar-refractivity contribution in [2.24, 2.45) is 0 Å². The van der Waals surface area contributed by atoms with Gasteiger partial charge >= 0.3 is 0 Å². The highest BCUT2D eigenvalue weighted by atomic mass is 32.2. The highest BCUT2D eigenvalue weighted by Gasteiger charge is 2.19. The quantitative estimate of drug-likeness (QED) is 0.353. The molecule has 1 heterocycles. The van der Waals surface area contributed by atoms with Crippen LogP contribution in [-0.2, 0) is 10.2 Å². The van der Waals surface area contributed by atoms with Crippen LogP contribution in [0.15, 0.2) is 84.0 Å². The zero-order valence-corrected chi connectivity index (χ0v) is 19.6. The average Bonchev–Trinajstić information content (AvgIpc) is 3.23. The van der Waals surface area contributed by atoms with Crippen LogP contribution in [0.1, 0.15) is 26.3 Å². The van der Waals surface area contributed by atoms with Gasteiger partial charge in [0, 0.05) is 11.3 Å². The number of hydrogen-bond donors (Lipinski definition) is 1. The Morgan fingerprint density at radius 3 is 2.27 bits per heavy atom. The lowest BCUT2D eigenvalue weighted by molar-refractivity contribution is -0.113. The molecule has 0 fully saturated rings. The number of rotatable bonds is 6. The summed E-state index contributed by atoms with van der Waals surface area (Å²) in [6.45, 7) is 6.53. The van der Waals surface area contributed by atoms with Crippen LogP contribution >= 0.6 is 11.8 Å². The Morgan fingerprint density at radius 2 is 1.61 bits per heavy atom. The Bertz CT molecular complexity index is 1250. The summed E-state index contributed by atoms with van der Waals surface area (Å²) in [6, 6.07) is 24.2. The lowest BCUT2D eigenvalue weighted by Gasteiger charge is -2.19. The zero-order valence-electron chi connectivity index (χ0n) is 18.7. The molecule has 1 N–H and O–H groups in total. The fourth-order valence-corrected chi connectivity index (χ4v) is 4.11. The van der Waals surface area contributed by atoms with E-state index in [2.05, 4.69) is 48.4 Å². The predicted molar refractivity (Wildman–Crippen MR) is 131 cm³/mol. The van der Waals surface area contributed by atoms with E-state index >= 15 is 0 Å². The molecular formula is C26H25FN4OS. The van der Waals surface area contributed by atoms with E-state index in [9.17, 15) is 9.18 Å². The number of benzene rings is 3. The first-order chi connectivity index (χ1) is 15.8. The lowest BCUT2D eigenvalue weighted by Crippen LogP contribution is -2.15. The number of nitrogens with one attached hydrogen (secondary N) is 1. The Hall–Kier alpha value is -3.45. The molecule has 5 nitrogen and oxygen atoms in total. The maximum Gasteiger partial charge on any atom is 0.234 e. The van der Waals surface area contributed by atoms with Crippen LogP contribution in [0.4, 0.5) is 10.1 Å². The van der Waals surface area contributed by atoms with Gasteiger partial charge in [-0.1, -0.05) is 87.1 Å². The zero-order chi connectivity index (χ0) is 23.4. The fourth-order valence-electron chi connectivity index (χ4n) is 3.36. The standard InChI is InChI=1S/C26H25FN4OS/c1-26(2,3)19-15-13-18(14-16-19)24-29-30-25(31(24)20-9-5-4-6-10-20)33-17-23(32)28-22-12-8-7-11-21(22)27/h4-16H,17H2,1-3H3,(H,28,32). The van der Waals surface area contributed by atoms with Crippen molar-refractivity contribution in [3.63, 3.8) is 0 Å². The van der Waals surface area contributed by atoms with Crippen molar-refractivity contribution in [1.29, 1.82) is 0 Å². The van der Waals surface area contributed by atoms with Gasteiger partial charge in [-0.05, 0) is 35.2 Å². The number of anilines is 1. The van der Waals surface area contributed by atoms with Crippen LogP contribution < -0.4 is 5.32 Å². The average molecular weight is 461 g/mol. The molecule has 4 rings (SSSR count). The molecule has 0 atom stereocenters. The number of hydrogen-bond acceptors (Lipinski definition) is 4. The van der Waals surface area contributed by atoms with Gasteiger partial charge in [0.1, 0.15) is 5.82 Å². The molecule has 0 bridgehead atoms. The van der Waals surface area contributed by atoms with Gasteiger partial charge in [-0.3, -0.25) is 9.36 Å². The van der Waals surface area contributed by atoms with Gasteiger partial charge in [0.25, 0.3) is 0 Å². The van der Waals surface area contributed by atoms with Crippen LogP contribution in [0.2, 0.25) is 0 Å². The summed E-state index contributed by atoms with van der Waals surface area (Å²) in [7, 11) is 0. The molecule has 1 amide bonds. The molecule has 0 aliphatic heterocycles. The number of amides is 1. The van der Waals surface area contributed by atoms with Crippen molar-refractivity contribution in [1.82, 2.24) is 14.8 Å². The van der Waals surface area contributed by atoms with E-state index in [1.165, 1.54) is 29.5 Å². The molecular weight excluding hydrogens is 435 g/mol.